The standard InChI is InChI=1S/C15H17N3O2/c1-18-10-11(8-17-18)7-16-9-13-6-12-4-3-5-14(19-2)15(12)20-13/h3-6,8,10,16H,7,9H2,1-2H3. The number of aryl methyl sites for hydroxylation is 1. The summed E-state index contributed by atoms with van der Waals surface area (Å²) in [6, 6.07) is 7.92. The van der Waals surface area contributed by atoms with Gasteiger partial charge in [0.1, 0.15) is 5.76 Å². The third kappa shape index (κ3) is 2.53. The van der Waals surface area contributed by atoms with Gasteiger partial charge in [-0.15, -0.1) is 0 Å². The molecule has 0 aliphatic carbocycles. The van der Waals surface area contributed by atoms with Gasteiger partial charge in [0.2, 0.25) is 0 Å². The van der Waals surface area contributed by atoms with E-state index < -0.39 is 0 Å². The zero-order valence-corrected chi connectivity index (χ0v) is 11.6. The molecule has 3 aromatic rings. The van der Waals surface area contributed by atoms with Gasteiger partial charge in [0.15, 0.2) is 11.3 Å². The van der Waals surface area contributed by atoms with E-state index in [1.54, 1.807) is 11.8 Å². The Bertz CT molecular complexity index is 715. The monoisotopic (exact) mass is 271 g/mol. The number of rotatable bonds is 5. The lowest BCUT2D eigenvalue weighted by atomic mass is 10.2. The molecule has 0 unspecified atom stereocenters. The molecule has 0 aliphatic rings. The van der Waals surface area contributed by atoms with Crippen molar-refractivity contribution in [3.63, 3.8) is 0 Å². The third-order valence-corrected chi connectivity index (χ3v) is 3.17. The van der Waals surface area contributed by atoms with E-state index in [2.05, 4.69) is 10.4 Å². The Morgan fingerprint density at radius 3 is 3.00 bits per heavy atom. The van der Waals surface area contributed by atoms with Gasteiger partial charge in [-0.25, -0.2) is 0 Å². The minimum atomic E-state index is 0.673. The summed E-state index contributed by atoms with van der Waals surface area (Å²) >= 11 is 0. The Morgan fingerprint density at radius 1 is 1.35 bits per heavy atom. The van der Waals surface area contributed by atoms with Gasteiger partial charge >= 0.3 is 0 Å². The first kappa shape index (κ1) is 12.7. The number of para-hydroxylation sites is 1. The Morgan fingerprint density at radius 2 is 2.25 bits per heavy atom. The fourth-order valence-corrected chi connectivity index (χ4v) is 2.23. The normalized spacial score (nSPS) is 11.1. The van der Waals surface area contributed by atoms with Crippen LogP contribution < -0.4 is 10.1 Å². The van der Waals surface area contributed by atoms with Crippen LogP contribution in [-0.2, 0) is 20.1 Å². The first-order valence-corrected chi connectivity index (χ1v) is 6.50. The number of furan rings is 1. The van der Waals surface area contributed by atoms with Crippen LogP contribution in [0.4, 0.5) is 0 Å². The van der Waals surface area contributed by atoms with Crippen LogP contribution in [0.1, 0.15) is 11.3 Å². The number of ether oxygens (including phenoxy) is 1. The van der Waals surface area contributed by atoms with Crippen molar-refractivity contribution in [2.75, 3.05) is 7.11 Å². The molecule has 0 aliphatic heterocycles. The molecule has 5 nitrogen and oxygen atoms in total. The molecule has 2 aromatic heterocycles. The van der Waals surface area contributed by atoms with Crippen LogP contribution in [0.2, 0.25) is 0 Å². The molecule has 1 aromatic carbocycles. The van der Waals surface area contributed by atoms with Crippen molar-refractivity contribution in [3.8, 4) is 5.75 Å². The number of nitrogens with zero attached hydrogens (tertiary/aromatic N) is 2. The van der Waals surface area contributed by atoms with E-state index in [0.717, 1.165) is 34.6 Å². The summed E-state index contributed by atoms with van der Waals surface area (Å²) in [5.41, 5.74) is 1.95. The van der Waals surface area contributed by atoms with E-state index in [4.69, 9.17) is 9.15 Å². The van der Waals surface area contributed by atoms with Crippen molar-refractivity contribution in [2.45, 2.75) is 13.1 Å². The molecule has 0 spiro atoms. The second kappa shape index (κ2) is 5.38. The lowest BCUT2D eigenvalue weighted by Crippen LogP contribution is -2.11. The Kier molecular flexibility index (Phi) is 3.43. The van der Waals surface area contributed by atoms with Gasteiger partial charge in [-0.2, -0.15) is 5.10 Å². The number of hydrogen-bond acceptors (Lipinski definition) is 4. The van der Waals surface area contributed by atoms with Crippen molar-refractivity contribution in [1.82, 2.24) is 15.1 Å². The maximum absolute atomic E-state index is 5.82. The minimum Gasteiger partial charge on any atom is -0.493 e. The quantitative estimate of drug-likeness (QED) is 0.774. The Hall–Kier alpha value is -2.27. The van der Waals surface area contributed by atoms with Crippen LogP contribution >= 0.6 is 0 Å². The van der Waals surface area contributed by atoms with E-state index >= 15 is 0 Å². The van der Waals surface area contributed by atoms with Crippen LogP contribution in [0.5, 0.6) is 5.75 Å². The second-order valence-corrected chi connectivity index (χ2v) is 4.72. The Balaban J connectivity index is 1.68. The van der Waals surface area contributed by atoms with Gasteiger partial charge in [0.05, 0.1) is 19.9 Å². The van der Waals surface area contributed by atoms with Gasteiger partial charge in [-0.3, -0.25) is 4.68 Å². The van der Waals surface area contributed by atoms with Crippen molar-refractivity contribution < 1.29 is 9.15 Å². The molecule has 20 heavy (non-hydrogen) atoms. The van der Waals surface area contributed by atoms with Gasteiger partial charge < -0.3 is 14.5 Å². The predicted molar refractivity (Wildman–Crippen MR) is 76.5 cm³/mol. The lowest BCUT2D eigenvalue weighted by molar-refractivity contribution is 0.406. The van der Waals surface area contributed by atoms with Gasteiger partial charge in [-0.05, 0) is 12.1 Å². The highest BCUT2D eigenvalue weighted by atomic mass is 16.5. The Labute approximate surface area is 117 Å². The smallest absolute Gasteiger partial charge is 0.176 e. The van der Waals surface area contributed by atoms with E-state index in [0.29, 0.717) is 6.54 Å². The number of hydrogen-bond donors (Lipinski definition) is 1. The number of nitrogens with one attached hydrogen (secondary N) is 1. The molecule has 0 bridgehead atoms. The number of methoxy groups -OCH3 is 1. The highest BCUT2D eigenvalue weighted by Gasteiger charge is 2.08. The molecule has 0 amide bonds. The summed E-state index contributed by atoms with van der Waals surface area (Å²) in [5.74, 6) is 1.66. The molecule has 0 saturated carbocycles. The third-order valence-electron chi connectivity index (χ3n) is 3.17. The van der Waals surface area contributed by atoms with Crippen molar-refractivity contribution in [1.29, 1.82) is 0 Å². The highest BCUT2D eigenvalue weighted by molar-refractivity contribution is 5.83. The van der Waals surface area contributed by atoms with Crippen LogP contribution in [-0.4, -0.2) is 16.9 Å². The number of fused-ring (bicyclic) bond motifs is 1. The van der Waals surface area contributed by atoms with E-state index in [-0.39, 0.29) is 0 Å². The summed E-state index contributed by atoms with van der Waals surface area (Å²) in [5, 5.41) is 8.54. The first-order valence-electron chi connectivity index (χ1n) is 6.50. The summed E-state index contributed by atoms with van der Waals surface area (Å²) in [4.78, 5) is 0. The molecule has 3 rings (SSSR count). The minimum absolute atomic E-state index is 0.673. The van der Waals surface area contributed by atoms with Gasteiger partial charge in [0, 0.05) is 30.7 Å². The zero-order valence-electron chi connectivity index (χ0n) is 11.6. The van der Waals surface area contributed by atoms with Crippen LogP contribution in [0.3, 0.4) is 0 Å². The maximum Gasteiger partial charge on any atom is 0.176 e. The lowest BCUT2D eigenvalue weighted by Gasteiger charge is -2.00. The molecule has 0 atom stereocenters. The number of aromatic nitrogens is 2. The average Bonchev–Trinajstić information content (AvgIpc) is 3.04. The van der Waals surface area contributed by atoms with Gasteiger partial charge in [0.25, 0.3) is 0 Å². The summed E-state index contributed by atoms with van der Waals surface area (Å²) in [6.07, 6.45) is 3.85. The van der Waals surface area contributed by atoms with Gasteiger partial charge in [-0.1, -0.05) is 12.1 Å². The SMILES string of the molecule is COc1cccc2cc(CNCc3cnn(C)c3)oc12. The van der Waals surface area contributed by atoms with E-state index in [9.17, 15) is 0 Å². The van der Waals surface area contributed by atoms with E-state index in [1.807, 2.05) is 43.7 Å². The molecular weight excluding hydrogens is 254 g/mol. The fraction of sp³-hybridized carbons (Fsp3) is 0.267. The molecule has 2 heterocycles. The second-order valence-electron chi connectivity index (χ2n) is 4.72. The molecule has 0 fully saturated rings. The molecule has 0 radical (unpaired) electrons. The summed E-state index contributed by atoms with van der Waals surface area (Å²) in [7, 11) is 3.56. The molecule has 1 N–H and O–H groups in total. The zero-order chi connectivity index (χ0) is 13.9. The predicted octanol–water partition coefficient (Wildman–Crippen LogP) is 2.46. The number of benzene rings is 1. The first-order chi connectivity index (χ1) is 9.76. The van der Waals surface area contributed by atoms with Crippen LogP contribution in [0.15, 0.2) is 41.1 Å². The van der Waals surface area contributed by atoms with Crippen molar-refractivity contribution in [2.24, 2.45) is 7.05 Å². The summed E-state index contributed by atoms with van der Waals surface area (Å²) < 4.78 is 12.9. The topological polar surface area (TPSA) is 52.2 Å². The molecule has 0 saturated heterocycles. The maximum atomic E-state index is 5.82. The summed E-state index contributed by atoms with van der Waals surface area (Å²) in [6.45, 7) is 1.44. The molecular formula is C15H17N3O2. The molecule has 104 valence electrons. The van der Waals surface area contributed by atoms with Crippen LogP contribution in [0, 0.1) is 0 Å². The van der Waals surface area contributed by atoms with E-state index in [1.165, 1.54) is 0 Å². The fourth-order valence-electron chi connectivity index (χ4n) is 2.23. The molecule has 5 heteroatoms. The average molecular weight is 271 g/mol. The van der Waals surface area contributed by atoms with Crippen molar-refractivity contribution in [3.05, 3.63) is 48.0 Å². The van der Waals surface area contributed by atoms with Crippen molar-refractivity contribution >= 4 is 11.0 Å². The largest absolute Gasteiger partial charge is 0.493 e. The van der Waals surface area contributed by atoms with Crippen LogP contribution in [0.25, 0.3) is 11.0 Å². The highest BCUT2D eigenvalue weighted by Crippen LogP contribution is 2.28.